The summed E-state index contributed by atoms with van der Waals surface area (Å²) in [6, 6.07) is 8.46. The van der Waals surface area contributed by atoms with Crippen LogP contribution in [0.5, 0.6) is 0 Å². The molecule has 0 aromatic heterocycles. The zero-order valence-corrected chi connectivity index (χ0v) is 15.0. The monoisotopic (exact) mass is 400 g/mol. The minimum atomic E-state index is -4.20. The molecule has 1 atom stereocenters. The number of carbonyl (C=O) groups is 2. The Morgan fingerprint density at radius 3 is 2.50 bits per heavy atom. The number of benzene rings is 2. The molecule has 10 heteroatoms. The van der Waals surface area contributed by atoms with Crippen molar-refractivity contribution in [2.45, 2.75) is 17.9 Å². The molecule has 2 aromatic rings. The van der Waals surface area contributed by atoms with Gasteiger partial charge in [-0.15, -0.1) is 0 Å². The number of hydrogen-bond donors (Lipinski definition) is 2. The number of hydrogen-bond acceptors (Lipinski definition) is 5. The molecule has 1 amide bonds. The first-order valence-corrected chi connectivity index (χ1v) is 9.05. The molecule has 0 saturated heterocycles. The van der Waals surface area contributed by atoms with Crippen molar-refractivity contribution >= 4 is 39.2 Å². The van der Waals surface area contributed by atoms with Crippen LogP contribution >= 0.6 is 11.6 Å². The summed E-state index contributed by atoms with van der Waals surface area (Å²) >= 11 is 5.90. The smallest absolute Gasteiger partial charge is 0.340 e. The maximum absolute atomic E-state index is 13.7. The first-order valence-electron chi connectivity index (χ1n) is 7.19. The number of halogens is 2. The maximum atomic E-state index is 13.7. The largest absolute Gasteiger partial charge is 0.449 e. The Morgan fingerprint density at radius 2 is 1.88 bits per heavy atom. The second-order valence-electron chi connectivity index (χ2n) is 5.18. The van der Waals surface area contributed by atoms with E-state index < -0.39 is 33.8 Å². The molecule has 0 spiro atoms. The van der Waals surface area contributed by atoms with Gasteiger partial charge in [0, 0.05) is 0 Å². The Morgan fingerprint density at radius 1 is 1.23 bits per heavy atom. The first kappa shape index (κ1) is 19.7. The molecule has 2 aromatic carbocycles. The standard InChI is InChI=1S/C16H14ClFN2O5S/c1-9(15(19)21)25-16(22)11-8-10(6-7-12(11)17)26(23,24)20-14-5-3-2-4-13(14)18/h2-9,20H,1H3,(H2,19,21)/t9-/m0/s1. The summed E-state index contributed by atoms with van der Waals surface area (Å²) < 4.78 is 45.4. The number of primary amides is 1. The van der Waals surface area contributed by atoms with E-state index in [9.17, 15) is 22.4 Å². The Balaban J connectivity index is 2.34. The Kier molecular flexibility index (Phi) is 5.83. The quantitative estimate of drug-likeness (QED) is 0.722. The van der Waals surface area contributed by atoms with Crippen molar-refractivity contribution in [3.05, 3.63) is 58.9 Å². The molecule has 26 heavy (non-hydrogen) atoms. The number of ether oxygens (including phenoxy) is 1. The van der Waals surface area contributed by atoms with E-state index in [2.05, 4.69) is 4.72 Å². The van der Waals surface area contributed by atoms with Crippen LogP contribution in [-0.2, 0) is 19.6 Å². The topological polar surface area (TPSA) is 116 Å². The van der Waals surface area contributed by atoms with Crippen LogP contribution in [0.3, 0.4) is 0 Å². The van der Waals surface area contributed by atoms with Crippen molar-refractivity contribution < 1.29 is 27.1 Å². The third-order valence-corrected chi connectivity index (χ3v) is 4.96. The van der Waals surface area contributed by atoms with E-state index in [-0.39, 0.29) is 21.2 Å². The van der Waals surface area contributed by atoms with Crippen LogP contribution in [0.2, 0.25) is 5.02 Å². The van der Waals surface area contributed by atoms with Crippen LogP contribution in [0, 0.1) is 5.82 Å². The highest BCUT2D eigenvalue weighted by Gasteiger charge is 2.23. The minimum Gasteiger partial charge on any atom is -0.449 e. The molecule has 7 nitrogen and oxygen atoms in total. The van der Waals surface area contributed by atoms with Gasteiger partial charge in [-0.1, -0.05) is 23.7 Å². The zero-order chi connectivity index (χ0) is 19.5. The number of nitrogens with one attached hydrogen (secondary N) is 1. The predicted octanol–water partition coefficient (Wildman–Crippen LogP) is 2.31. The Labute approximate surface area is 154 Å². The molecule has 0 aliphatic carbocycles. The summed E-state index contributed by atoms with van der Waals surface area (Å²) in [5, 5.41) is -0.0866. The van der Waals surface area contributed by atoms with Gasteiger partial charge < -0.3 is 10.5 Å². The Bertz CT molecular complexity index is 965. The number of sulfonamides is 1. The molecular weight excluding hydrogens is 387 g/mol. The summed E-state index contributed by atoms with van der Waals surface area (Å²) in [5.74, 6) is -2.66. The molecule has 0 bridgehead atoms. The second kappa shape index (κ2) is 7.71. The highest BCUT2D eigenvalue weighted by atomic mass is 35.5. The molecule has 3 N–H and O–H groups in total. The van der Waals surface area contributed by atoms with E-state index in [1.165, 1.54) is 31.2 Å². The summed E-state index contributed by atoms with van der Waals surface area (Å²) in [6.45, 7) is 1.26. The van der Waals surface area contributed by atoms with Gasteiger partial charge in [0.25, 0.3) is 15.9 Å². The van der Waals surface area contributed by atoms with Crippen molar-refractivity contribution in [2.75, 3.05) is 4.72 Å². The lowest BCUT2D eigenvalue weighted by atomic mass is 10.2. The number of rotatable bonds is 6. The second-order valence-corrected chi connectivity index (χ2v) is 7.27. The maximum Gasteiger partial charge on any atom is 0.340 e. The Hall–Kier alpha value is -2.65. The van der Waals surface area contributed by atoms with Gasteiger partial charge in [0.05, 0.1) is 21.2 Å². The van der Waals surface area contributed by atoms with E-state index in [1.807, 2.05) is 0 Å². The number of amides is 1. The van der Waals surface area contributed by atoms with Gasteiger partial charge in [-0.3, -0.25) is 9.52 Å². The molecule has 0 unspecified atom stereocenters. The van der Waals surface area contributed by atoms with Crippen LogP contribution < -0.4 is 10.5 Å². The highest BCUT2D eigenvalue weighted by molar-refractivity contribution is 7.92. The minimum absolute atomic E-state index is 0.0866. The third kappa shape index (κ3) is 4.50. The first-order chi connectivity index (χ1) is 12.1. The van der Waals surface area contributed by atoms with E-state index in [1.54, 1.807) is 0 Å². The number of nitrogens with two attached hydrogens (primary N) is 1. The normalized spacial score (nSPS) is 12.3. The van der Waals surface area contributed by atoms with E-state index in [4.69, 9.17) is 22.1 Å². The molecule has 0 saturated carbocycles. The van der Waals surface area contributed by atoms with Crippen molar-refractivity contribution in [2.24, 2.45) is 5.73 Å². The fourth-order valence-electron chi connectivity index (χ4n) is 1.86. The van der Waals surface area contributed by atoms with Gasteiger partial charge >= 0.3 is 5.97 Å². The van der Waals surface area contributed by atoms with Gasteiger partial charge in [-0.05, 0) is 37.3 Å². The number of anilines is 1. The number of esters is 1. The van der Waals surface area contributed by atoms with Crippen molar-refractivity contribution in [1.82, 2.24) is 0 Å². The summed E-state index contributed by atoms with van der Waals surface area (Å²) in [7, 11) is -4.20. The van der Waals surface area contributed by atoms with Gasteiger partial charge in [-0.25, -0.2) is 17.6 Å². The highest BCUT2D eigenvalue weighted by Crippen LogP contribution is 2.24. The molecular formula is C16H14ClFN2O5S. The molecule has 0 aliphatic rings. The molecule has 0 radical (unpaired) electrons. The van der Waals surface area contributed by atoms with E-state index in [0.29, 0.717) is 0 Å². The van der Waals surface area contributed by atoms with Gasteiger partial charge in [0.2, 0.25) is 0 Å². The molecule has 2 rings (SSSR count). The summed E-state index contributed by atoms with van der Waals surface area (Å²) in [6.07, 6.45) is -1.23. The van der Waals surface area contributed by atoms with Gasteiger partial charge in [0.1, 0.15) is 5.82 Å². The summed E-state index contributed by atoms with van der Waals surface area (Å²) in [5.41, 5.74) is 4.47. The predicted molar refractivity (Wildman–Crippen MR) is 92.7 cm³/mol. The molecule has 0 fully saturated rings. The van der Waals surface area contributed by atoms with Crippen molar-refractivity contribution in [1.29, 1.82) is 0 Å². The lowest BCUT2D eigenvalue weighted by molar-refractivity contribution is -0.125. The van der Waals surface area contributed by atoms with E-state index in [0.717, 1.165) is 18.2 Å². The average Bonchev–Trinajstić information content (AvgIpc) is 2.56. The van der Waals surface area contributed by atoms with Crippen molar-refractivity contribution in [3.8, 4) is 0 Å². The van der Waals surface area contributed by atoms with Crippen molar-refractivity contribution in [3.63, 3.8) is 0 Å². The van der Waals surface area contributed by atoms with E-state index >= 15 is 0 Å². The van der Waals surface area contributed by atoms with Gasteiger partial charge in [0.15, 0.2) is 6.10 Å². The fraction of sp³-hybridized carbons (Fsp3) is 0.125. The molecule has 0 heterocycles. The number of para-hydroxylation sites is 1. The summed E-state index contributed by atoms with van der Waals surface area (Å²) in [4.78, 5) is 22.7. The fourth-order valence-corrected chi connectivity index (χ4v) is 3.15. The van der Waals surface area contributed by atoms with Gasteiger partial charge in [-0.2, -0.15) is 0 Å². The lowest BCUT2D eigenvalue weighted by Crippen LogP contribution is -2.30. The van der Waals surface area contributed by atoms with Crippen LogP contribution in [0.25, 0.3) is 0 Å². The van der Waals surface area contributed by atoms with Crippen LogP contribution in [-0.4, -0.2) is 26.4 Å². The zero-order valence-electron chi connectivity index (χ0n) is 13.4. The number of carbonyl (C=O) groups excluding carboxylic acids is 2. The average molecular weight is 401 g/mol. The molecule has 138 valence electrons. The lowest BCUT2D eigenvalue weighted by Gasteiger charge is -2.13. The van der Waals surface area contributed by atoms with Crippen LogP contribution in [0.1, 0.15) is 17.3 Å². The molecule has 0 aliphatic heterocycles. The SMILES string of the molecule is C[C@H](OC(=O)c1cc(S(=O)(=O)Nc2ccccc2F)ccc1Cl)C(N)=O. The van der Waals surface area contributed by atoms with Crippen LogP contribution in [0.4, 0.5) is 10.1 Å². The van der Waals surface area contributed by atoms with Crippen LogP contribution in [0.15, 0.2) is 47.4 Å². The third-order valence-electron chi connectivity index (χ3n) is 3.27.